The van der Waals surface area contributed by atoms with Gasteiger partial charge in [-0.15, -0.1) is 6.58 Å². The van der Waals surface area contributed by atoms with Crippen molar-refractivity contribution in [2.24, 2.45) is 5.41 Å². The third-order valence-electron chi connectivity index (χ3n) is 6.13. The Labute approximate surface area is 145 Å². The molecule has 1 unspecified atom stereocenters. The van der Waals surface area contributed by atoms with Crippen molar-refractivity contribution in [2.45, 2.75) is 57.5 Å². The summed E-state index contributed by atoms with van der Waals surface area (Å²) < 4.78 is 5.83. The SMILES string of the molecule is C=CCN1CC2(CCC1=O)CCN(C(=O)C1(C)CCCCO1)CC2. The summed E-state index contributed by atoms with van der Waals surface area (Å²) in [5.41, 5.74) is -0.442. The standard InChI is InChI=1S/C19H30N2O3/c1-3-11-21-15-19(8-6-16(21)22)9-12-20(13-10-19)17(23)18(2)7-4-5-14-24-18/h3H,1,4-15H2,2H3. The van der Waals surface area contributed by atoms with Crippen molar-refractivity contribution < 1.29 is 14.3 Å². The minimum absolute atomic E-state index is 0.159. The van der Waals surface area contributed by atoms with Crippen LogP contribution in [0, 0.1) is 5.41 Å². The lowest BCUT2D eigenvalue weighted by molar-refractivity contribution is -0.165. The highest BCUT2D eigenvalue weighted by Gasteiger charge is 2.45. The van der Waals surface area contributed by atoms with Gasteiger partial charge in [-0.2, -0.15) is 0 Å². The molecule has 1 atom stereocenters. The predicted octanol–water partition coefficient (Wildman–Crippen LogP) is 2.36. The van der Waals surface area contributed by atoms with Gasteiger partial charge in [0.05, 0.1) is 0 Å². The molecule has 0 bridgehead atoms. The van der Waals surface area contributed by atoms with E-state index in [1.807, 2.05) is 16.7 Å². The van der Waals surface area contributed by atoms with Crippen LogP contribution in [-0.4, -0.2) is 60.0 Å². The number of piperidine rings is 2. The number of hydrogen-bond acceptors (Lipinski definition) is 3. The Morgan fingerprint density at radius 2 is 2.00 bits per heavy atom. The Morgan fingerprint density at radius 1 is 1.25 bits per heavy atom. The molecule has 1 spiro atoms. The summed E-state index contributed by atoms with van der Waals surface area (Å²) in [6.07, 6.45) is 8.30. The maximum Gasteiger partial charge on any atom is 0.254 e. The van der Waals surface area contributed by atoms with Crippen molar-refractivity contribution in [3.63, 3.8) is 0 Å². The molecule has 24 heavy (non-hydrogen) atoms. The molecule has 2 amide bonds. The third-order valence-corrected chi connectivity index (χ3v) is 6.13. The maximum absolute atomic E-state index is 12.9. The van der Waals surface area contributed by atoms with Gasteiger partial charge < -0.3 is 14.5 Å². The van der Waals surface area contributed by atoms with Crippen LogP contribution in [0.25, 0.3) is 0 Å². The minimum atomic E-state index is -0.625. The molecule has 3 saturated heterocycles. The zero-order valence-electron chi connectivity index (χ0n) is 14.9. The highest BCUT2D eigenvalue weighted by molar-refractivity contribution is 5.85. The normalized spacial score (nSPS) is 30.5. The number of ether oxygens (including phenoxy) is 1. The molecule has 3 aliphatic rings. The van der Waals surface area contributed by atoms with Gasteiger partial charge in [0.1, 0.15) is 5.60 Å². The second kappa shape index (κ2) is 6.87. The Balaban J connectivity index is 1.60. The average Bonchev–Trinajstić information content (AvgIpc) is 2.59. The first-order valence-electron chi connectivity index (χ1n) is 9.30. The van der Waals surface area contributed by atoms with Gasteiger partial charge in [-0.1, -0.05) is 6.08 Å². The lowest BCUT2D eigenvalue weighted by atomic mass is 9.72. The fraction of sp³-hybridized carbons (Fsp3) is 0.789. The van der Waals surface area contributed by atoms with Crippen LogP contribution in [0.5, 0.6) is 0 Å². The summed E-state index contributed by atoms with van der Waals surface area (Å²) in [5.74, 6) is 0.397. The van der Waals surface area contributed by atoms with Crippen molar-refractivity contribution in [3.8, 4) is 0 Å². The molecule has 5 heteroatoms. The topological polar surface area (TPSA) is 49.9 Å². The number of carbonyl (C=O) groups is 2. The van der Waals surface area contributed by atoms with Gasteiger partial charge in [0.15, 0.2) is 0 Å². The van der Waals surface area contributed by atoms with E-state index in [9.17, 15) is 9.59 Å². The lowest BCUT2D eigenvalue weighted by Crippen LogP contribution is -2.56. The molecule has 3 aliphatic heterocycles. The number of hydrogen-bond donors (Lipinski definition) is 0. The number of carbonyl (C=O) groups excluding carboxylic acids is 2. The van der Waals surface area contributed by atoms with Crippen LogP contribution >= 0.6 is 0 Å². The van der Waals surface area contributed by atoms with Crippen LogP contribution in [-0.2, 0) is 14.3 Å². The summed E-state index contributed by atoms with van der Waals surface area (Å²) in [4.78, 5) is 28.8. The summed E-state index contributed by atoms with van der Waals surface area (Å²) >= 11 is 0. The van der Waals surface area contributed by atoms with Crippen LogP contribution in [0.4, 0.5) is 0 Å². The lowest BCUT2D eigenvalue weighted by Gasteiger charge is -2.48. The van der Waals surface area contributed by atoms with Crippen molar-refractivity contribution in [3.05, 3.63) is 12.7 Å². The van der Waals surface area contributed by atoms with Gasteiger partial charge in [0.2, 0.25) is 5.91 Å². The van der Waals surface area contributed by atoms with E-state index in [1.165, 1.54) is 0 Å². The molecule has 134 valence electrons. The van der Waals surface area contributed by atoms with Crippen LogP contribution in [0.2, 0.25) is 0 Å². The van der Waals surface area contributed by atoms with E-state index in [1.54, 1.807) is 6.08 Å². The number of amides is 2. The number of likely N-dealkylation sites (tertiary alicyclic amines) is 2. The largest absolute Gasteiger partial charge is 0.365 e. The van der Waals surface area contributed by atoms with Crippen LogP contribution in [0.1, 0.15) is 51.9 Å². The molecule has 0 saturated carbocycles. The van der Waals surface area contributed by atoms with Gasteiger partial charge in [-0.3, -0.25) is 9.59 Å². The molecule has 0 aromatic heterocycles. The number of nitrogens with zero attached hydrogens (tertiary/aromatic N) is 2. The highest BCUT2D eigenvalue weighted by atomic mass is 16.5. The molecule has 3 heterocycles. The molecule has 0 N–H and O–H groups in total. The summed E-state index contributed by atoms with van der Waals surface area (Å²) in [7, 11) is 0. The van der Waals surface area contributed by atoms with E-state index in [4.69, 9.17) is 4.74 Å². The Kier molecular flexibility index (Phi) is 5.00. The molecule has 0 aliphatic carbocycles. The monoisotopic (exact) mass is 334 g/mol. The summed E-state index contributed by atoms with van der Waals surface area (Å²) in [6.45, 7) is 9.42. The van der Waals surface area contributed by atoms with Crippen molar-refractivity contribution >= 4 is 11.8 Å². The second-order valence-electron chi connectivity index (χ2n) is 7.89. The summed E-state index contributed by atoms with van der Waals surface area (Å²) in [6, 6.07) is 0. The predicted molar refractivity (Wildman–Crippen MR) is 92.5 cm³/mol. The maximum atomic E-state index is 12.9. The molecule has 0 aromatic carbocycles. The zero-order valence-corrected chi connectivity index (χ0v) is 14.9. The van der Waals surface area contributed by atoms with E-state index >= 15 is 0 Å². The molecular weight excluding hydrogens is 304 g/mol. The minimum Gasteiger partial charge on any atom is -0.365 e. The third kappa shape index (κ3) is 3.37. The smallest absolute Gasteiger partial charge is 0.254 e. The van der Waals surface area contributed by atoms with Gasteiger partial charge in [-0.25, -0.2) is 0 Å². The van der Waals surface area contributed by atoms with E-state index in [2.05, 4.69) is 6.58 Å². The van der Waals surface area contributed by atoms with Crippen molar-refractivity contribution in [1.82, 2.24) is 9.80 Å². The van der Waals surface area contributed by atoms with Gasteiger partial charge in [-0.05, 0) is 50.9 Å². The van der Waals surface area contributed by atoms with Crippen molar-refractivity contribution in [1.29, 1.82) is 0 Å². The Hall–Kier alpha value is -1.36. The summed E-state index contributed by atoms with van der Waals surface area (Å²) in [5, 5.41) is 0. The number of rotatable bonds is 3. The van der Waals surface area contributed by atoms with Gasteiger partial charge in [0, 0.05) is 39.2 Å². The quantitative estimate of drug-likeness (QED) is 0.745. The first-order valence-corrected chi connectivity index (χ1v) is 9.30. The van der Waals surface area contributed by atoms with E-state index in [-0.39, 0.29) is 17.2 Å². The van der Waals surface area contributed by atoms with Gasteiger partial charge in [0.25, 0.3) is 5.91 Å². The van der Waals surface area contributed by atoms with Crippen LogP contribution < -0.4 is 0 Å². The Morgan fingerprint density at radius 3 is 2.62 bits per heavy atom. The molecule has 3 fully saturated rings. The molecular formula is C19H30N2O3. The molecule has 0 aromatic rings. The molecule has 5 nitrogen and oxygen atoms in total. The Bertz CT molecular complexity index is 503. The van der Waals surface area contributed by atoms with Gasteiger partial charge >= 0.3 is 0 Å². The van der Waals surface area contributed by atoms with Crippen molar-refractivity contribution in [2.75, 3.05) is 32.8 Å². The first kappa shape index (κ1) is 17.5. The first-order chi connectivity index (χ1) is 11.5. The van der Waals surface area contributed by atoms with E-state index in [0.717, 1.165) is 58.2 Å². The average molecular weight is 334 g/mol. The van der Waals surface area contributed by atoms with E-state index < -0.39 is 5.60 Å². The van der Waals surface area contributed by atoms with E-state index in [0.29, 0.717) is 19.6 Å². The van der Waals surface area contributed by atoms with Crippen LogP contribution in [0.15, 0.2) is 12.7 Å². The fourth-order valence-corrected chi connectivity index (χ4v) is 4.45. The zero-order chi connectivity index (χ0) is 17.2. The second-order valence-corrected chi connectivity index (χ2v) is 7.89. The van der Waals surface area contributed by atoms with Crippen LogP contribution in [0.3, 0.4) is 0 Å². The molecule has 0 radical (unpaired) electrons. The molecule has 3 rings (SSSR count). The fourth-order valence-electron chi connectivity index (χ4n) is 4.45. The highest BCUT2D eigenvalue weighted by Crippen LogP contribution is 2.41.